The molecule has 0 aliphatic carbocycles. The Morgan fingerprint density at radius 3 is 1.71 bits per heavy atom. The van der Waals surface area contributed by atoms with Crippen LogP contribution in [-0.2, 0) is 0 Å². The standard InChI is InChI=1S/C52H33NO2/c1-3-16-34(17-4-1)36-20-13-21-37(32-36)53(46-29-14-28-44-41-25-11-12-30-48(41)54-52(44)46)47-33-45-50-42(39-23-8-7-22-38(39)35-18-5-2-6-19-35)27-15-31-49(50)55-51(45)43-26-10-9-24-40(43)47/h1-33H. The third-order valence-corrected chi connectivity index (χ3v) is 10.9. The Kier molecular flexibility index (Phi) is 7.17. The minimum absolute atomic E-state index is 0.840. The molecule has 11 rings (SSSR count). The second-order valence-electron chi connectivity index (χ2n) is 14.0. The van der Waals surface area contributed by atoms with Gasteiger partial charge in [0.15, 0.2) is 5.58 Å². The second kappa shape index (κ2) is 12.6. The largest absolute Gasteiger partial charge is 0.455 e. The summed E-state index contributed by atoms with van der Waals surface area (Å²) < 4.78 is 13.6. The average molecular weight is 704 g/mol. The van der Waals surface area contributed by atoms with E-state index in [1.165, 1.54) is 11.1 Å². The summed E-state index contributed by atoms with van der Waals surface area (Å²) in [6.45, 7) is 0. The molecule has 2 aromatic heterocycles. The Morgan fingerprint density at radius 2 is 0.873 bits per heavy atom. The average Bonchev–Trinajstić information content (AvgIpc) is 3.84. The number of hydrogen-bond donors (Lipinski definition) is 0. The molecule has 0 spiro atoms. The lowest BCUT2D eigenvalue weighted by Gasteiger charge is -2.27. The van der Waals surface area contributed by atoms with Gasteiger partial charge in [-0.25, -0.2) is 0 Å². The lowest BCUT2D eigenvalue weighted by molar-refractivity contribution is 0.669. The number of nitrogens with zero attached hydrogens (tertiary/aromatic N) is 1. The van der Waals surface area contributed by atoms with E-state index in [0.717, 1.165) is 94.0 Å². The summed E-state index contributed by atoms with van der Waals surface area (Å²) in [6, 6.07) is 70.8. The molecule has 0 aliphatic rings. The molecule has 2 heterocycles. The molecular weight excluding hydrogens is 671 g/mol. The van der Waals surface area contributed by atoms with Crippen LogP contribution in [0.1, 0.15) is 0 Å². The molecule has 0 saturated heterocycles. The van der Waals surface area contributed by atoms with Gasteiger partial charge in [-0.3, -0.25) is 0 Å². The maximum absolute atomic E-state index is 6.87. The van der Waals surface area contributed by atoms with Crippen molar-refractivity contribution in [1.29, 1.82) is 0 Å². The van der Waals surface area contributed by atoms with E-state index < -0.39 is 0 Å². The molecule has 0 amide bonds. The van der Waals surface area contributed by atoms with Gasteiger partial charge in [-0.15, -0.1) is 0 Å². The third kappa shape index (κ3) is 5.05. The molecule has 0 radical (unpaired) electrons. The van der Waals surface area contributed by atoms with Gasteiger partial charge in [0, 0.05) is 38.0 Å². The van der Waals surface area contributed by atoms with E-state index >= 15 is 0 Å². The molecule has 3 nitrogen and oxygen atoms in total. The Labute approximate surface area is 317 Å². The number of furan rings is 2. The lowest BCUT2D eigenvalue weighted by atomic mass is 9.91. The first-order valence-corrected chi connectivity index (χ1v) is 18.7. The van der Waals surface area contributed by atoms with Crippen molar-refractivity contribution in [2.24, 2.45) is 0 Å². The molecule has 0 unspecified atom stereocenters. The van der Waals surface area contributed by atoms with E-state index in [4.69, 9.17) is 8.83 Å². The smallest absolute Gasteiger partial charge is 0.159 e. The number of para-hydroxylation sites is 2. The summed E-state index contributed by atoms with van der Waals surface area (Å²) in [6.07, 6.45) is 0. The molecule has 0 fully saturated rings. The molecule has 3 heteroatoms. The van der Waals surface area contributed by atoms with Gasteiger partial charge in [-0.2, -0.15) is 0 Å². The van der Waals surface area contributed by atoms with Crippen molar-refractivity contribution in [3.8, 4) is 33.4 Å². The van der Waals surface area contributed by atoms with Gasteiger partial charge in [0.1, 0.15) is 16.7 Å². The van der Waals surface area contributed by atoms with Crippen LogP contribution in [0.25, 0.3) is 88.0 Å². The fraction of sp³-hybridized carbons (Fsp3) is 0. The number of rotatable bonds is 6. The predicted molar refractivity (Wildman–Crippen MR) is 229 cm³/mol. The number of anilines is 3. The Morgan fingerprint density at radius 1 is 0.309 bits per heavy atom. The highest BCUT2D eigenvalue weighted by atomic mass is 16.3. The third-order valence-electron chi connectivity index (χ3n) is 10.9. The molecule has 11 aromatic rings. The molecule has 55 heavy (non-hydrogen) atoms. The topological polar surface area (TPSA) is 29.5 Å². The van der Waals surface area contributed by atoms with Crippen LogP contribution in [0.3, 0.4) is 0 Å². The van der Waals surface area contributed by atoms with Crippen molar-refractivity contribution in [2.75, 3.05) is 4.90 Å². The van der Waals surface area contributed by atoms with Crippen LogP contribution in [0.5, 0.6) is 0 Å². The molecule has 258 valence electrons. The Hall–Kier alpha value is -7.36. The molecule has 0 aliphatic heterocycles. The van der Waals surface area contributed by atoms with Crippen molar-refractivity contribution in [1.82, 2.24) is 0 Å². The van der Waals surface area contributed by atoms with Gasteiger partial charge in [-0.05, 0) is 69.8 Å². The fourth-order valence-electron chi connectivity index (χ4n) is 8.40. The van der Waals surface area contributed by atoms with E-state index in [9.17, 15) is 0 Å². The zero-order valence-electron chi connectivity index (χ0n) is 29.8. The molecule has 0 N–H and O–H groups in total. The second-order valence-corrected chi connectivity index (χ2v) is 14.0. The first kappa shape index (κ1) is 31.2. The maximum atomic E-state index is 6.87. The fourth-order valence-corrected chi connectivity index (χ4v) is 8.40. The van der Waals surface area contributed by atoms with Crippen molar-refractivity contribution >= 4 is 71.7 Å². The summed E-state index contributed by atoms with van der Waals surface area (Å²) in [4.78, 5) is 2.37. The summed E-state index contributed by atoms with van der Waals surface area (Å²) >= 11 is 0. The monoisotopic (exact) mass is 703 g/mol. The maximum Gasteiger partial charge on any atom is 0.159 e. The van der Waals surface area contributed by atoms with Gasteiger partial charge in [-0.1, -0.05) is 164 Å². The molecule has 0 atom stereocenters. The highest BCUT2D eigenvalue weighted by Gasteiger charge is 2.25. The summed E-state index contributed by atoms with van der Waals surface area (Å²) in [5.41, 5.74) is 13.4. The van der Waals surface area contributed by atoms with Gasteiger partial charge in [0.2, 0.25) is 0 Å². The van der Waals surface area contributed by atoms with Crippen LogP contribution >= 0.6 is 0 Å². The van der Waals surface area contributed by atoms with Crippen LogP contribution in [0.4, 0.5) is 17.1 Å². The van der Waals surface area contributed by atoms with E-state index in [1.807, 2.05) is 12.1 Å². The van der Waals surface area contributed by atoms with E-state index in [-0.39, 0.29) is 0 Å². The summed E-state index contributed by atoms with van der Waals surface area (Å²) in [5.74, 6) is 0. The predicted octanol–water partition coefficient (Wildman–Crippen LogP) is 15.1. The van der Waals surface area contributed by atoms with Crippen molar-refractivity contribution in [3.05, 3.63) is 200 Å². The van der Waals surface area contributed by atoms with Crippen molar-refractivity contribution in [3.63, 3.8) is 0 Å². The summed E-state index contributed by atoms with van der Waals surface area (Å²) in [5, 5.41) is 6.46. The van der Waals surface area contributed by atoms with Crippen LogP contribution in [0.2, 0.25) is 0 Å². The lowest BCUT2D eigenvalue weighted by Crippen LogP contribution is -2.11. The normalized spacial score (nSPS) is 11.6. The molecule has 0 bridgehead atoms. The minimum Gasteiger partial charge on any atom is -0.455 e. The molecule has 0 saturated carbocycles. The van der Waals surface area contributed by atoms with E-state index in [1.54, 1.807) is 0 Å². The van der Waals surface area contributed by atoms with Gasteiger partial charge in [0.05, 0.1) is 11.4 Å². The SMILES string of the molecule is c1ccc(-c2cccc(N(c3cc4c(oc5cccc(-c6ccccc6-c6ccccc6)c54)c4ccccc34)c3cccc4c3oc3ccccc34)c2)cc1. The quantitative estimate of drug-likeness (QED) is 0.173. The van der Waals surface area contributed by atoms with Crippen LogP contribution in [0.15, 0.2) is 209 Å². The molecule has 9 aromatic carbocycles. The van der Waals surface area contributed by atoms with Crippen molar-refractivity contribution < 1.29 is 8.83 Å². The van der Waals surface area contributed by atoms with Crippen LogP contribution < -0.4 is 4.90 Å². The van der Waals surface area contributed by atoms with E-state index in [0.29, 0.717) is 0 Å². The van der Waals surface area contributed by atoms with Crippen LogP contribution in [0, 0.1) is 0 Å². The highest BCUT2D eigenvalue weighted by molar-refractivity contribution is 6.23. The number of benzene rings is 9. The summed E-state index contributed by atoms with van der Waals surface area (Å²) in [7, 11) is 0. The highest BCUT2D eigenvalue weighted by Crippen LogP contribution is 2.49. The molecular formula is C52H33NO2. The first-order chi connectivity index (χ1) is 27.3. The van der Waals surface area contributed by atoms with E-state index in [2.05, 4.69) is 193 Å². The zero-order valence-corrected chi connectivity index (χ0v) is 29.8. The number of fused-ring (bicyclic) bond motifs is 8. The van der Waals surface area contributed by atoms with Gasteiger partial charge in [0.25, 0.3) is 0 Å². The Bertz CT molecular complexity index is 3210. The van der Waals surface area contributed by atoms with Crippen molar-refractivity contribution in [2.45, 2.75) is 0 Å². The Balaban J connectivity index is 1.24. The zero-order chi connectivity index (χ0) is 36.3. The number of hydrogen-bond acceptors (Lipinski definition) is 3. The van der Waals surface area contributed by atoms with Gasteiger partial charge >= 0.3 is 0 Å². The van der Waals surface area contributed by atoms with Crippen LogP contribution in [-0.4, -0.2) is 0 Å². The first-order valence-electron chi connectivity index (χ1n) is 18.7. The van der Waals surface area contributed by atoms with Gasteiger partial charge < -0.3 is 13.7 Å². The minimum atomic E-state index is 0.840.